The minimum absolute atomic E-state index is 0.825. The minimum Gasteiger partial charge on any atom is -0.0826 e. The van der Waals surface area contributed by atoms with Crippen molar-refractivity contribution in [3.63, 3.8) is 0 Å². The van der Waals surface area contributed by atoms with Crippen molar-refractivity contribution in [3.05, 3.63) is 0 Å². The highest BCUT2D eigenvalue weighted by Gasteiger charge is 2.42. The van der Waals surface area contributed by atoms with Crippen molar-refractivity contribution in [2.45, 2.75) is 49.4 Å². The van der Waals surface area contributed by atoms with E-state index in [2.05, 4.69) is 29.5 Å². The molecule has 0 aromatic carbocycles. The zero-order chi connectivity index (χ0) is 7.90. The Balaban J connectivity index is 2.02. The summed E-state index contributed by atoms with van der Waals surface area (Å²) in [5, 5.41) is 0. The molecule has 2 rings (SSSR count). The van der Waals surface area contributed by atoms with Crippen LogP contribution < -0.4 is 0 Å². The van der Waals surface area contributed by atoms with Gasteiger partial charge in [0.15, 0.2) is 0 Å². The van der Waals surface area contributed by atoms with Gasteiger partial charge in [0.1, 0.15) is 0 Å². The van der Waals surface area contributed by atoms with Gasteiger partial charge in [0.2, 0.25) is 0 Å². The highest BCUT2D eigenvalue weighted by molar-refractivity contribution is 14.1. The summed E-state index contributed by atoms with van der Waals surface area (Å²) >= 11 is 2.64. The van der Waals surface area contributed by atoms with Crippen LogP contribution in [0.25, 0.3) is 0 Å². The van der Waals surface area contributed by atoms with Crippen molar-refractivity contribution in [2.75, 3.05) is 0 Å². The summed E-state index contributed by atoms with van der Waals surface area (Å²) in [5.41, 5.74) is 0.825. The van der Waals surface area contributed by atoms with Crippen LogP contribution in [0.1, 0.15) is 45.4 Å². The van der Waals surface area contributed by atoms with E-state index >= 15 is 0 Å². The van der Waals surface area contributed by atoms with Gasteiger partial charge < -0.3 is 0 Å². The van der Waals surface area contributed by atoms with E-state index in [9.17, 15) is 0 Å². The summed E-state index contributed by atoms with van der Waals surface area (Å²) < 4.78 is 0.998. The van der Waals surface area contributed by atoms with Gasteiger partial charge in [-0.2, -0.15) is 0 Å². The minimum atomic E-state index is 0.825. The molecule has 1 spiro atoms. The van der Waals surface area contributed by atoms with Crippen LogP contribution in [0.5, 0.6) is 0 Å². The second-order valence-electron chi connectivity index (χ2n) is 4.69. The fourth-order valence-corrected chi connectivity index (χ4v) is 4.29. The van der Waals surface area contributed by atoms with E-state index in [1.807, 2.05) is 0 Å². The topological polar surface area (TPSA) is 0 Å². The molecule has 0 aromatic heterocycles. The number of hydrogen-bond donors (Lipinski definition) is 0. The summed E-state index contributed by atoms with van der Waals surface area (Å²) in [5.74, 6) is 1.02. The Kier molecular flexibility index (Phi) is 2.19. The van der Waals surface area contributed by atoms with Gasteiger partial charge in [-0.15, -0.1) is 0 Å². The first-order chi connectivity index (χ1) is 5.20. The summed E-state index contributed by atoms with van der Waals surface area (Å²) in [7, 11) is 0. The van der Waals surface area contributed by atoms with Crippen LogP contribution in [0.2, 0.25) is 0 Å². The normalized spacial score (nSPS) is 50.7. The van der Waals surface area contributed by atoms with E-state index in [0.717, 1.165) is 15.3 Å². The standard InChI is InChI=1S/C10H17I/c1-8-2-4-10(6-8)5-3-9(11)7-10/h8-9H,2-7H2,1H3. The molecular formula is C10H17I. The van der Waals surface area contributed by atoms with Crippen LogP contribution in [0, 0.1) is 11.3 Å². The highest BCUT2D eigenvalue weighted by Crippen LogP contribution is 2.54. The van der Waals surface area contributed by atoms with Gasteiger partial charge in [-0.3, -0.25) is 0 Å². The Morgan fingerprint density at radius 1 is 1.18 bits per heavy atom. The second kappa shape index (κ2) is 2.90. The predicted octanol–water partition coefficient (Wildman–Crippen LogP) is 3.78. The van der Waals surface area contributed by atoms with Crippen LogP contribution >= 0.6 is 22.6 Å². The molecule has 0 N–H and O–H groups in total. The molecule has 0 amide bonds. The molecule has 2 saturated carbocycles. The maximum atomic E-state index is 2.64. The molecule has 0 bridgehead atoms. The molecule has 3 atom stereocenters. The zero-order valence-corrected chi connectivity index (χ0v) is 9.43. The number of hydrogen-bond acceptors (Lipinski definition) is 0. The molecule has 0 aromatic rings. The van der Waals surface area contributed by atoms with E-state index in [0.29, 0.717) is 0 Å². The molecule has 11 heavy (non-hydrogen) atoms. The van der Waals surface area contributed by atoms with Crippen molar-refractivity contribution in [2.24, 2.45) is 11.3 Å². The Hall–Kier alpha value is 0.730. The molecule has 3 unspecified atom stereocenters. The van der Waals surface area contributed by atoms with Crippen LogP contribution in [0.4, 0.5) is 0 Å². The molecule has 0 heterocycles. The predicted molar refractivity (Wildman–Crippen MR) is 57.1 cm³/mol. The molecule has 2 aliphatic rings. The van der Waals surface area contributed by atoms with Crippen molar-refractivity contribution in [1.29, 1.82) is 0 Å². The Morgan fingerprint density at radius 2 is 1.91 bits per heavy atom. The SMILES string of the molecule is CC1CCC2(CCC(I)C2)C1. The fourth-order valence-electron chi connectivity index (χ4n) is 3.05. The first-order valence-corrected chi connectivity index (χ1v) is 6.09. The van der Waals surface area contributed by atoms with Crippen LogP contribution in [0.3, 0.4) is 0 Å². The van der Waals surface area contributed by atoms with Crippen molar-refractivity contribution >= 4 is 22.6 Å². The van der Waals surface area contributed by atoms with Gasteiger partial charge in [-0.1, -0.05) is 35.9 Å². The maximum absolute atomic E-state index is 2.64. The molecule has 0 aliphatic heterocycles. The molecule has 0 nitrogen and oxygen atoms in total. The van der Waals surface area contributed by atoms with Gasteiger partial charge >= 0.3 is 0 Å². The van der Waals surface area contributed by atoms with E-state index in [1.54, 1.807) is 0 Å². The van der Waals surface area contributed by atoms with Crippen LogP contribution in [-0.2, 0) is 0 Å². The average molecular weight is 264 g/mol. The smallest absolute Gasteiger partial charge is 0.0115 e. The maximum Gasteiger partial charge on any atom is 0.0115 e. The summed E-state index contributed by atoms with van der Waals surface area (Å²) in [6, 6.07) is 0. The van der Waals surface area contributed by atoms with Gasteiger partial charge in [0.25, 0.3) is 0 Å². The largest absolute Gasteiger partial charge is 0.0826 e. The number of rotatable bonds is 0. The first-order valence-electron chi connectivity index (χ1n) is 4.84. The molecular weight excluding hydrogens is 247 g/mol. The van der Waals surface area contributed by atoms with Gasteiger partial charge in [0, 0.05) is 3.92 Å². The van der Waals surface area contributed by atoms with Crippen LogP contribution in [-0.4, -0.2) is 3.92 Å². The molecule has 64 valence electrons. The average Bonchev–Trinajstić information content (AvgIpc) is 2.44. The lowest BCUT2D eigenvalue weighted by Crippen LogP contribution is -2.11. The van der Waals surface area contributed by atoms with Crippen molar-refractivity contribution in [3.8, 4) is 0 Å². The van der Waals surface area contributed by atoms with E-state index in [1.165, 1.54) is 38.5 Å². The third kappa shape index (κ3) is 1.58. The third-order valence-corrected chi connectivity index (χ3v) is 4.65. The van der Waals surface area contributed by atoms with Crippen LogP contribution in [0.15, 0.2) is 0 Å². The molecule has 0 radical (unpaired) electrons. The Bertz CT molecular complexity index is 135. The Labute approximate surface area is 83.3 Å². The fraction of sp³-hybridized carbons (Fsp3) is 1.00. The lowest BCUT2D eigenvalue weighted by atomic mass is 9.84. The monoisotopic (exact) mass is 264 g/mol. The summed E-state index contributed by atoms with van der Waals surface area (Å²) in [6.07, 6.45) is 9.12. The molecule has 2 fully saturated rings. The number of alkyl halides is 1. The van der Waals surface area contributed by atoms with Crippen molar-refractivity contribution in [1.82, 2.24) is 0 Å². The van der Waals surface area contributed by atoms with E-state index < -0.39 is 0 Å². The van der Waals surface area contributed by atoms with Gasteiger partial charge in [0.05, 0.1) is 0 Å². The van der Waals surface area contributed by atoms with E-state index in [-0.39, 0.29) is 0 Å². The second-order valence-corrected chi connectivity index (χ2v) is 6.45. The van der Waals surface area contributed by atoms with Gasteiger partial charge in [-0.05, 0) is 43.4 Å². The van der Waals surface area contributed by atoms with Crippen molar-refractivity contribution < 1.29 is 0 Å². The summed E-state index contributed by atoms with van der Waals surface area (Å²) in [4.78, 5) is 0. The molecule has 2 aliphatic carbocycles. The quantitative estimate of drug-likeness (QED) is 0.461. The summed E-state index contributed by atoms with van der Waals surface area (Å²) in [6.45, 7) is 2.43. The Morgan fingerprint density at radius 3 is 2.36 bits per heavy atom. The lowest BCUT2D eigenvalue weighted by molar-refractivity contribution is 0.299. The molecule has 1 heteroatoms. The highest BCUT2D eigenvalue weighted by atomic mass is 127. The zero-order valence-electron chi connectivity index (χ0n) is 7.28. The number of halogens is 1. The first kappa shape index (κ1) is 8.33. The lowest BCUT2D eigenvalue weighted by Gasteiger charge is -2.22. The third-order valence-electron chi connectivity index (χ3n) is 3.59. The van der Waals surface area contributed by atoms with Gasteiger partial charge in [-0.25, -0.2) is 0 Å². The molecule has 0 saturated heterocycles. The van der Waals surface area contributed by atoms with E-state index in [4.69, 9.17) is 0 Å².